The third kappa shape index (κ3) is 3.32. The van der Waals surface area contributed by atoms with Crippen LogP contribution in [-0.4, -0.2) is 6.04 Å². The molecule has 3 atom stereocenters. The average molecular weight is 231 g/mol. The second-order valence-electron chi connectivity index (χ2n) is 5.84. The zero-order valence-electron chi connectivity index (χ0n) is 11.2. The average Bonchev–Trinajstić information content (AvgIpc) is 2.28. The van der Waals surface area contributed by atoms with E-state index in [1.165, 1.54) is 25.7 Å². The zero-order valence-corrected chi connectivity index (χ0v) is 11.2. The number of aryl methyl sites for hydroxylation is 1. The highest BCUT2D eigenvalue weighted by molar-refractivity contribution is 5.32. The number of fused-ring (bicyclic) bond motifs is 1. The summed E-state index contributed by atoms with van der Waals surface area (Å²) in [6, 6.07) is 9.33. The molecular formula is C16H25N. The van der Waals surface area contributed by atoms with Crippen LogP contribution in [0.15, 0.2) is 24.3 Å². The van der Waals surface area contributed by atoms with E-state index in [0.29, 0.717) is 6.04 Å². The fourth-order valence-electron chi connectivity index (χ4n) is 3.32. The van der Waals surface area contributed by atoms with Gasteiger partial charge in [0, 0.05) is 6.04 Å². The van der Waals surface area contributed by atoms with Crippen LogP contribution in [-0.2, 0) is 6.42 Å². The van der Waals surface area contributed by atoms with Gasteiger partial charge in [-0.2, -0.15) is 0 Å². The fraction of sp³-hybridized carbons (Fsp3) is 0.625. The van der Waals surface area contributed by atoms with Crippen LogP contribution in [0.5, 0.6) is 0 Å². The Kier molecular flexibility index (Phi) is 4.22. The summed E-state index contributed by atoms with van der Waals surface area (Å²) in [5.41, 5.74) is 9.08. The summed E-state index contributed by atoms with van der Waals surface area (Å²) in [6.07, 6.45) is 6.44. The first-order valence-electron chi connectivity index (χ1n) is 7.00. The Bertz CT molecular complexity index is 356. The number of nitrogens with two attached hydrogens (primary N) is 1. The molecule has 0 fully saturated rings. The van der Waals surface area contributed by atoms with Gasteiger partial charge in [0.25, 0.3) is 0 Å². The summed E-state index contributed by atoms with van der Waals surface area (Å²) < 4.78 is 0. The van der Waals surface area contributed by atoms with Gasteiger partial charge in [-0.25, -0.2) is 0 Å². The molecular weight excluding hydrogens is 206 g/mol. The smallest absolute Gasteiger partial charge is 0.00130 e. The highest BCUT2D eigenvalue weighted by Crippen LogP contribution is 2.36. The minimum Gasteiger partial charge on any atom is -0.328 e. The van der Waals surface area contributed by atoms with E-state index in [9.17, 15) is 0 Å². The van der Waals surface area contributed by atoms with Crippen LogP contribution in [0.1, 0.15) is 56.6 Å². The second kappa shape index (κ2) is 5.68. The minimum absolute atomic E-state index is 0.337. The molecule has 2 N–H and O–H groups in total. The lowest BCUT2D eigenvalue weighted by Gasteiger charge is -2.28. The second-order valence-corrected chi connectivity index (χ2v) is 5.84. The van der Waals surface area contributed by atoms with Crippen LogP contribution in [0.2, 0.25) is 0 Å². The van der Waals surface area contributed by atoms with Crippen molar-refractivity contribution < 1.29 is 0 Å². The molecule has 1 aliphatic rings. The monoisotopic (exact) mass is 231 g/mol. The first-order chi connectivity index (χ1) is 8.16. The molecule has 0 amide bonds. The Morgan fingerprint density at radius 3 is 2.82 bits per heavy atom. The molecule has 0 saturated heterocycles. The maximum absolute atomic E-state index is 5.89. The Hall–Kier alpha value is -0.820. The number of hydrogen-bond acceptors (Lipinski definition) is 1. The molecule has 1 aromatic rings. The highest BCUT2D eigenvalue weighted by atomic mass is 14.6. The van der Waals surface area contributed by atoms with Crippen LogP contribution >= 0.6 is 0 Å². The molecule has 3 unspecified atom stereocenters. The molecule has 1 heteroatoms. The summed E-state index contributed by atoms with van der Waals surface area (Å²) in [5.74, 6) is 1.51. The van der Waals surface area contributed by atoms with E-state index in [1.807, 2.05) is 0 Å². The Morgan fingerprint density at radius 2 is 2.06 bits per heavy atom. The van der Waals surface area contributed by atoms with Crippen molar-refractivity contribution in [3.8, 4) is 0 Å². The molecule has 1 nitrogen and oxygen atoms in total. The van der Waals surface area contributed by atoms with Gasteiger partial charge in [-0.15, -0.1) is 0 Å². The Labute approximate surface area is 105 Å². The van der Waals surface area contributed by atoms with Gasteiger partial charge in [-0.3, -0.25) is 0 Å². The number of hydrogen-bond donors (Lipinski definition) is 1. The molecule has 2 rings (SSSR count). The standard InChI is InChI=1S/C16H25N/c1-12(10-13(2)17)11-15-8-5-7-14-6-3-4-9-16(14)15/h3-4,6,9,12-13,15H,5,7-8,10-11,17H2,1-2H3. The van der Waals surface area contributed by atoms with Crippen LogP contribution < -0.4 is 5.73 Å². The van der Waals surface area contributed by atoms with Crippen LogP contribution in [0.25, 0.3) is 0 Å². The predicted molar refractivity (Wildman–Crippen MR) is 74.2 cm³/mol. The zero-order chi connectivity index (χ0) is 12.3. The largest absolute Gasteiger partial charge is 0.328 e. The molecule has 1 aromatic carbocycles. The van der Waals surface area contributed by atoms with Crippen molar-refractivity contribution in [3.05, 3.63) is 35.4 Å². The summed E-state index contributed by atoms with van der Waals surface area (Å²) in [6.45, 7) is 4.46. The van der Waals surface area contributed by atoms with Gasteiger partial charge >= 0.3 is 0 Å². The van der Waals surface area contributed by atoms with Crippen molar-refractivity contribution in [1.82, 2.24) is 0 Å². The molecule has 0 aliphatic heterocycles. The van der Waals surface area contributed by atoms with Gasteiger partial charge in [-0.1, -0.05) is 31.2 Å². The van der Waals surface area contributed by atoms with E-state index in [2.05, 4.69) is 38.1 Å². The first-order valence-corrected chi connectivity index (χ1v) is 7.00. The van der Waals surface area contributed by atoms with Crippen molar-refractivity contribution in [2.75, 3.05) is 0 Å². The van der Waals surface area contributed by atoms with Crippen LogP contribution in [0, 0.1) is 5.92 Å². The lowest BCUT2D eigenvalue weighted by atomic mass is 9.77. The predicted octanol–water partition coefficient (Wildman–Crippen LogP) is 3.87. The normalized spacial score (nSPS) is 22.9. The molecule has 0 heterocycles. The van der Waals surface area contributed by atoms with Crippen LogP contribution in [0.4, 0.5) is 0 Å². The quantitative estimate of drug-likeness (QED) is 0.836. The molecule has 0 saturated carbocycles. The molecule has 1 aliphatic carbocycles. The third-order valence-corrected chi connectivity index (χ3v) is 3.95. The van der Waals surface area contributed by atoms with E-state index < -0.39 is 0 Å². The topological polar surface area (TPSA) is 26.0 Å². The molecule has 0 radical (unpaired) electrons. The van der Waals surface area contributed by atoms with Gasteiger partial charge < -0.3 is 5.73 Å². The summed E-state index contributed by atoms with van der Waals surface area (Å²) in [4.78, 5) is 0. The van der Waals surface area contributed by atoms with E-state index in [-0.39, 0.29) is 0 Å². The van der Waals surface area contributed by atoms with Crippen molar-refractivity contribution in [3.63, 3.8) is 0 Å². The number of benzene rings is 1. The SMILES string of the molecule is CC(N)CC(C)CC1CCCc2ccccc21. The van der Waals surface area contributed by atoms with Gasteiger partial charge in [-0.05, 0) is 62.0 Å². The van der Waals surface area contributed by atoms with E-state index in [0.717, 1.165) is 18.3 Å². The summed E-state index contributed by atoms with van der Waals surface area (Å²) in [7, 11) is 0. The van der Waals surface area contributed by atoms with Gasteiger partial charge in [0.05, 0.1) is 0 Å². The van der Waals surface area contributed by atoms with Gasteiger partial charge in [0.2, 0.25) is 0 Å². The highest BCUT2D eigenvalue weighted by Gasteiger charge is 2.21. The number of rotatable bonds is 4. The molecule has 0 spiro atoms. The lowest BCUT2D eigenvalue weighted by molar-refractivity contribution is 0.387. The molecule has 94 valence electrons. The van der Waals surface area contributed by atoms with Crippen molar-refractivity contribution in [2.45, 2.75) is 57.9 Å². The minimum atomic E-state index is 0.337. The van der Waals surface area contributed by atoms with Crippen molar-refractivity contribution >= 4 is 0 Å². The van der Waals surface area contributed by atoms with E-state index in [4.69, 9.17) is 5.73 Å². The van der Waals surface area contributed by atoms with Crippen molar-refractivity contribution in [1.29, 1.82) is 0 Å². The molecule has 0 aromatic heterocycles. The maximum atomic E-state index is 5.89. The van der Waals surface area contributed by atoms with E-state index >= 15 is 0 Å². The molecule has 0 bridgehead atoms. The maximum Gasteiger partial charge on any atom is 0.00130 e. The van der Waals surface area contributed by atoms with Gasteiger partial charge in [0.15, 0.2) is 0 Å². The van der Waals surface area contributed by atoms with Crippen LogP contribution in [0.3, 0.4) is 0 Å². The summed E-state index contributed by atoms with van der Waals surface area (Å²) >= 11 is 0. The van der Waals surface area contributed by atoms with Crippen molar-refractivity contribution in [2.24, 2.45) is 11.7 Å². The lowest BCUT2D eigenvalue weighted by Crippen LogP contribution is -2.20. The third-order valence-electron chi connectivity index (χ3n) is 3.95. The Morgan fingerprint density at radius 1 is 1.29 bits per heavy atom. The summed E-state index contributed by atoms with van der Waals surface area (Å²) in [5, 5.41) is 0. The molecule has 17 heavy (non-hydrogen) atoms. The fourth-order valence-corrected chi connectivity index (χ4v) is 3.32. The van der Waals surface area contributed by atoms with Gasteiger partial charge in [0.1, 0.15) is 0 Å². The van der Waals surface area contributed by atoms with E-state index in [1.54, 1.807) is 11.1 Å². The first kappa shape index (κ1) is 12.6. The Balaban J connectivity index is 2.03.